The molecule has 0 spiro atoms. The maximum absolute atomic E-state index is 5.75. The summed E-state index contributed by atoms with van der Waals surface area (Å²) in [6, 6.07) is 11.2. The van der Waals surface area contributed by atoms with Gasteiger partial charge in [0.1, 0.15) is 5.75 Å². The molecule has 0 fully saturated rings. The summed E-state index contributed by atoms with van der Waals surface area (Å²) in [5.74, 6) is 1.28. The smallest absolute Gasteiger partial charge is 0.221 e. The Bertz CT molecular complexity index is 455. The molecule has 0 saturated carbocycles. The van der Waals surface area contributed by atoms with E-state index in [1.165, 1.54) is 0 Å². The van der Waals surface area contributed by atoms with Gasteiger partial charge in [-0.2, -0.15) is 0 Å². The molecule has 2 rings (SSSR count). The molecule has 3 heteroatoms. The topological polar surface area (TPSA) is 48.1 Å². The van der Waals surface area contributed by atoms with Crippen LogP contribution in [0.2, 0.25) is 0 Å². The van der Waals surface area contributed by atoms with Crippen LogP contribution in [0.4, 0.5) is 5.69 Å². The first kappa shape index (κ1) is 13.0. The fraction of sp³-hybridized carbons (Fsp3) is 0.214. The molecule has 3 nitrogen and oxygen atoms in total. The zero-order chi connectivity index (χ0) is 12.7. The Balaban J connectivity index is 0.000000686. The minimum atomic E-state index is 0.518. The second kappa shape index (κ2) is 6.53. The zero-order valence-electron chi connectivity index (χ0n) is 10.5. The van der Waals surface area contributed by atoms with Crippen LogP contribution >= 0.6 is 0 Å². The highest BCUT2D eigenvalue weighted by atomic mass is 16.5. The van der Waals surface area contributed by atoms with Gasteiger partial charge < -0.3 is 10.5 Å². The largest absolute Gasteiger partial charge is 0.439 e. The van der Waals surface area contributed by atoms with Gasteiger partial charge in [-0.3, -0.25) is 0 Å². The zero-order valence-corrected chi connectivity index (χ0v) is 10.5. The van der Waals surface area contributed by atoms with Crippen LogP contribution in [0.5, 0.6) is 11.6 Å². The highest BCUT2D eigenvalue weighted by Gasteiger charge is 2.00. The molecule has 1 aromatic carbocycles. The summed E-state index contributed by atoms with van der Waals surface area (Å²) in [5.41, 5.74) is 7.40. The summed E-state index contributed by atoms with van der Waals surface area (Å²) in [7, 11) is 0. The minimum absolute atomic E-state index is 0.518. The van der Waals surface area contributed by atoms with E-state index in [0.29, 0.717) is 11.6 Å². The van der Waals surface area contributed by atoms with Crippen molar-refractivity contribution in [1.82, 2.24) is 4.98 Å². The van der Waals surface area contributed by atoms with Gasteiger partial charge in [0.2, 0.25) is 5.88 Å². The maximum atomic E-state index is 5.75. The average Bonchev–Trinajstić information content (AvgIpc) is 2.38. The van der Waals surface area contributed by atoms with Gasteiger partial charge in [0.15, 0.2) is 0 Å². The quantitative estimate of drug-likeness (QED) is 0.853. The fourth-order valence-electron chi connectivity index (χ4n) is 1.18. The Morgan fingerprint density at radius 1 is 1.12 bits per heavy atom. The number of pyridine rings is 1. The normalized spacial score (nSPS) is 9.12. The van der Waals surface area contributed by atoms with E-state index in [9.17, 15) is 0 Å². The Morgan fingerprint density at radius 3 is 2.35 bits per heavy atom. The van der Waals surface area contributed by atoms with Crippen LogP contribution in [0.1, 0.15) is 19.4 Å². The van der Waals surface area contributed by atoms with Crippen molar-refractivity contribution in [3.05, 3.63) is 48.2 Å². The van der Waals surface area contributed by atoms with E-state index in [2.05, 4.69) is 4.98 Å². The van der Waals surface area contributed by atoms with E-state index in [1.807, 2.05) is 51.1 Å². The first-order valence-corrected chi connectivity index (χ1v) is 5.71. The molecule has 2 N–H and O–H groups in total. The summed E-state index contributed by atoms with van der Waals surface area (Å²) >= 11 is 0. The highest BCUT2D eigenvalue weighted by molar-refractivity contribution is 5.47. The summed E-state index contributed by atoms with van der Waals surface area (Å²) in [6.45, 7) is 5.91. The van der Waals surface area contributed by atoms with Crippen LogP contribution in [-0.2, 0) is 0 Å². The number of aromatic nitrogens is 1. The third-order valence-corrected chi connectivity index (χ3v) is 2.09. The van der Waals surface area contributed by atoms with E-state index in [1.54, 1.807) is 12.3 Å². The van der Waals surface area contributed by atoms with Gasteiger partial charge in [0.05, 0.1) is 0 Å². The van der Waals surface area contributed by atoms with Crippen molar-refractivity contribution in [2.24, 2.45) is 0 Å². The van der Waals surface area contributed by atoms with Crippen molar-refractivity contribution in [3.8, 4) is 11.6 Å². The number of aryl methyl sites for hydroxylation is 1. The Hall–Kier alpha value is -2.03. The number of nitrogen functional groups attached to an aromatic ring is 1. The van der Waals surface area contributed by atoms with Crippen LogP contribution in [0, 0.1) is 6.92 Å². The number of ether oxygens (including phenoxy) is 1. The van der Waals surface area contributed by atoms with Gasteiger partial charge in [0.25, 0.3) is 0 Å². The van der Waals surface area contributed by atoms with Gasteiger partial charge in [-0.05, 0) is 24.6 Å². The van der Waals surface area contributed by atoms with Crippen LogP contribution < -0.4 is 10.5 Å². The molecule has 0 aliphatic heterocycles. The number of hydrogen-bond donors (Lipinski definition) is 1. The van der Waals surface area contributed by atoms with Crippen molar-refractivity contribution >= 4 is 5.69 Å². The molecule has 0 bridgehead atoms. The standard InChI is InChI=1S/C12H12N2O.C2H6/c1-9-8-14-12(7-11(9)13)15-10-5-3-2-4-6-10;1-2/h2-8H,1H3,(H2,13,14);1-2H3. The molecule has 0 atom stereocenters. The van der Waals surface area contributed by atoms with Crippen molar-refractivity contribution in [3.63, 3.8) is 0 Å². The lowest BCUT2D eigenvalue weighted by Crippen LogP contribution is -1.93. The number of benzene rings is 1. The van der Waals surface area contributed by atoms with E-state index >= 15 is 0 Å². The van der Waals surface area contributed by atoms with Gasteiger partial charge in [-0.15, -0.1) is 0 Å². The number of hydrogen-bond acceptors (Lipinski definition) is 3. The number of rotatable bonds is 2. The first-order valence-electron chi connectivity index (χ1n) is 5.71. The van der Waals surface area contributed by atoms with E-state index in [0.717, 1.165) is 11.3 Å². The van der Waals surface area contributed by atoms with Crippen LogP contribution in [0.15, 0.2) is 42.6 Å². The lowest BCUT2D eigenvalue weighted by Gasteiger charge is -2.05. The summed E-state index contributed by atoms with van der Waals surface area (Å²) in [4.78, 5) is 4.13. The molecule has 0 aliphatic rings. The number of nitrogens with two attached hydrogens (primary N) is 1. The molecular formula is C14H18N2O. The molecule has 0 aliphatic carbocycles. The molecule has 17 heavy (non-hydrogen) atoms. The highest BCUT2D eigenvalue weighted by Crippen LogP contribution is 2.21. The van der Waals surface area contributed by atoms with E-state index < -0.39 is 0 Å². The van der Waals surface area contributed by atoms with Gasteiger partial charge in [-0.1, -0.05) is 32.0 Å². The first-order chi connectivity index (χ1) is 8.25. The van der Waals surface area contributed by atoms with Crippen molar-refractivity contribution in [2.75, 3.05) is 5.73 Å². The molecule has 0 saturated heterocycles. The predicted octanol–water partition coefficient (Wildman–Crippen LogP) is 3.79. The van der Waals surface area contributed by atoms with Crippen molar-refractivity contribution in [2.45, 2.75) is 20.8 Å². The lowest BCUT2D eigenvalue weighted by molar-refractivity contribution is 0.463. The molecule has 0 unspecified atom stereocenters. The molecular weight excluding hydrogens is 212 g/mol. The van der Waals surface area contributed by atoms with Crippen LogP contribution in [0.25, 0.3) is 0 Å². The molecule has 0 radical (unpaired) electrons. The third-order valence-electron chi connectivity index (χ3n) is 2.09. The van der Waals surface area contributed by atoms with Crippen LogP contribution in [-0.4, -0.2) is 4.98 Å². The van der Waals surface area contributed by atoms with Crippen molar-refractivity contribution < 1.29 is 4.74 Å². The summed E-state index contributed by atoms with van der Waals surface area (Å²) < 4.78 is 5.52. The molecule has 90 valence electrons. The second-order valence-corrected chi connectivity index (χ2v) is 3.29. The third kappa shape index (κ3) is 3.79. The SMILES string of the molecule is CC.Cc1cnc(Oc2ccccc2)cc1N. The number of nitrogens with zero attached hydrogens (tertiary/aromatic N) is 1. The molecule has 1 aromatic heterocycles. The number of para-hydroxylation sites is 1. The Labute approximate surface area is 102 Å². The second-order valence-electron chi connectivity index (χ2n) is 3.29. The minimum Gasteiger partial charge on any atom is -0.439 e. The van der Waals surface area contributed by atoms with Crippen LogP contribution in [0.3, 0.4) is 0 Å². The summed E-state index contributed by atoms with van der Waals surface area (Å²) in [5, 5.41) is 0. The average molecular weight is 230 g/mol. The van der Waals surface area contributed by atoms with Gasteiger partial charge in [-0.25, -0.2) is 4.98 Å². The van der Waals surface area contributed by atoms with Gasteiger partial charge >= 0.3 is 0 Å². The van der Waals surface area contributed by atoms with Gasteiger partial charge in [0, 0.05) is 18.0 Å². The fourth-order valence-corrected chi connectivity index (χ4v) is 1.18. The lowest BCUT2D eigenvalue weighted by atomic mass is 10.3. The van der Waals surface area contributed by atoms with E-state index in [-0.39, 0.29) is 0 Å². The van der Waals surface area contributed by atoms with E-state index in [4.69, 9.17) is 10.5 Å². The molecule has 2 aromatic rings. The maximum Gasteiger partial charge on any atom is 0.221 e. The monoisotopic (exact) mass is 230 g/mol. The number of anilines is 1. The Morgan fingerprint density at radius 2 is 1.76 bits per heavy atom. The molecule has 0 amide bonds. The summed E-state index contributed by atoms with van der Waals surface area (Å²) in [6.07, 6.45) is 1.70. The van der Waals surface area contributed by atoms with Crippen molar-refractivity contribution in [1.29, 1.82) is 0 Å². The predicted molar refractivity (Wildman–Crippen MR) is 71.3 cm³/mol. The Kier molecular flexibility index (Phi) is 5.01. The molecule has 1 heterocycles.